The van der Waals surface area contributed by atoms with Gasteiger partial charge in [-0.1, -0.05) is 40.9 Å². The molecule has 0 saturated carbocycles. The molecule has 1 aromatic heterocycles. The van der Waals surface area contributed by atoms with Crippen LogP contribution < -0.4 is 10.9 Å². The van der Waals surface area contributed by atoms with Crippen molar-refractivity contribution in [2.24, 2.45) is 0 Å². The predicted molar refractivity (Wildman–Crippen MR) is 78.0 cm³/mol. The molecule has 0 radical (unpaired) electrons. The molecule has 0 saturated heterocycles. The van der Waals surface area contributed by atoms with Crippen molar-refractivity contribution in [2.45, 2.75) is 30.1 Å². The minimum Gasteiger partial charge on any atom is -0.352 e. The lowest BCUT2D eigenvalue weighted by Crippen LogP contribution is -2.35. The van der Waals surface area contributed by atoms with Crippen molar-refractivity contribution >= 4 is 40.7 Å². The number of aryl methyl sites for hydroxylation is 1. The molecule has 1 rings (SSSR count). The van der Waals surface area contributed by atoms with E-state index >= 15 is 0 Å². The number of hydrogen-bond donors (Lipinski definition) is 1. The maximum atomic E-state index is 11.6. The van der Waals surface area contributed by atoms with Crippen LogP contribution in [0, 0.1) is 6.92 Å². The lowest BCUT2D eigenvalue weighted by molar-refractivity contribution is -0.120. The minimum atomic E-state index is -1.92. The maximum Gasteiger partial charge on any atom is 0.272 e. The molecule has 0 bridgehead atoms. The van der Waals surface area contributed by atoms with Gasteiger partial charge in [-0.05, 0) is 25.8 Å². The first-order chi connectivity index (χ1) is 8.82. The van der Waals surface area contributed by atoms with Gasteiger partial charge in [-0.2, -0.15) is 0 Å². The van der Waals surface area contributed by atoms with Gasteiger partial charge in [0.1, 0.15) is 0 Å². The van der Waals surface area contributed by atoms with Crippen LogP contribution in [0.1, 0.15) is 18.5 Å². The highest BCUT2D eigenvalue weighted by Gasteiger charge is 2.29. The summed E-state index contributed by atoms with van der Waals surface area (Å²) in [6, 6.07) is 5.14. The van der Waals surface area contributed by atoms with E-state index in [1.165, 1.54) is 6.07 Å². The monoisotopic (exact) mass is 324 g/mol. The highest BCUT2D eigenvalue weighted by atomic mass is 35.6. The normalized spacial score (nSPS) is 11.4. The molecule has 1 N–H and O–H groups in total. The van der Waals surface area contributed by atoms with E-state index < -0.39 is 9.70 Å². The Morgan fingerprint density at radius 1 is 1.32 bits per heavy atom. The fraction of sp³-hybridized carbons (Fsp3) is 0.500. The van der Waals surface area contributed by atoms with Crippen LogP contribution in [0.2, 0.25) is 0 Å². The van der Waals surface area contributed by atoms with E-state index in [4.69, 9.17) is 34.8 Å². The number of carbonyl (C=O) groups excluding carboxylic acids is 1. The van der Waals surface area contributed by atoms with E-state index in [1.807, 2.05) is 13.0 Å². The van der Waals surface area contributed by atoms with Gasteiger partial charge >= 0.3 is 0 Å². The Balaban J connectivity index is 2.33. The third kappa shape index (κ3) is 5.43. The van der Waals surface area contributed by atoms with Gasteiger partial charge in [0.2, 0.25) is 0 Å². The molecule has 1 heterocycles. The van der Waals surface area contributed by atoms with Crippen molar-refractivity contribution < 1.29 is 4.79 Å². The van der Waals surface area contributed by atoms with Crippen LogP contribution in [0.4, 0.5) is 0 Å². The fourth-order valence-electron chi connectivity index (χ4n) is 1.61. The number of pyridine rings is 1. The summed E-state index contributed by atoms with van der Waals surface area (Å²) >= 11 is 16.2. The number of hydrogen-bond acceptors (Lipinski definition) is 2. The summed E-state index contributed by atoms with van der Waals surface area (Å²) < 4.78 is -0.232. The first kappa shape index (κ1) is 16.3. The largest absolute Gasteiger partial charge is 0.352 e. The average molecular weight is 326 g/mol. The summed E-state index contributed by atoms with van der Waals surface area (Å²) in [6.07, 6.45) is 1.46. The summed E-state index contributed by atoms with van der Waals surface area (Å²) in [4.78, 5) is 22.8. The lowest BCUT2D eigenvalue weighted by Gasteiger charge is -2.12. The molecule has 0 atom stereocenters. The molecule has 4 nitrogen and oxygen atoms in total. The first-order valence-electron chi connectivity index (χ1n) is 5.84. The zero-order valence-corrected chi connectivity index (χ0v) is 12.7. The summed E-state index contributed by atoms with van der Waals surface area (Å²) in [5.41, 5.74) is 0.892. The molecular weight excluding hydrogens is 311 g/mol. The van der Waals surface area contributed by atoms with Crippen molar-refractivity contribution in [3.63, 3.8) is 0 Å². The fourth-order valence-corrected chi connectivity index (χ4v) is 1.81. The smallest absolute Gasteiger partial charge is 0.272 e. The van der Waals surface area contributed by atoms with E-state index in [1.54, 1.807) is 10.6 Å². The van der Waals surface area contributed by atoms with Gasteiger partial charge in [0, 0.05) is 24.8 Å². The van der Waals surface area contributed by atoms with E-state index in [0.29, 0.717) is 19.5 Å². The number of nitrogens with one attached hydrogen (secondary N) is 1. The highest BCUT2D eigenvalue weighted by Crippen LogP contribution is 2.25. The predicted octanol–water partition coefficient (Wildman–Crippen LogP) is 2.42. The standard InChI is InChI=1S/C12H15Cl3N2O2/c1-9-5-4-6-10(18)17(9)8-3-2-7-16-11(19)12(13,14)15/h4-6H,2-3,7-8H2,1H3,(H,16,19). The van der Waals surface area contributed by atoms with Gasteiger partial charge in [-0.3, -0.25) is 9.59 Å². The van der Waals surface area contributed by atoms with Crippen LogP contribution in [0.3, 0.4) is 0 Å². The summed E-state index contributed by atoms with van der Waals surface area (Å²) in [5, 5.41) is 2.52. The van der Waals surface area contributed by atoms with Crippen LogP contribution in [0.5, 0.6) is 0 Å². The van der Waals surface area contributed by atoms with Gasteiger partial charge in [-0.25, -0.2) is 0 Å². The van der Waals surface area contributed by atoms with Crippen LogP contribution >= 0.6 is 34.8 Å². The third-order valence-corrected chi connectivity index (χ3v) is 3.13. The topological polar surface area (TPSA) is 51.1 Å². The molecule has 19 heavy (non-hydrogen) atoms. The van der Waals surface area contributed by atoms with Crippen molar-refractivity contribution in [2.75, 3.05) is 6.54 Å². The molecule has 1 aromatic rings. The first-order valence-corrected chi connectivity index (χ1v) is 6.97. The van der Waals surface area contributed by atoms with Crippen LogP contribution in [0.25, 0.3) is 0 Å². The Hall–Kier alpha value is -0.710. The van der Waals surface area contributed by atoms with Gasteiger partial charge in [0.15, 0.2) is 0 Å². The zero-order chi connectivity index (χ0) is 14.5. The number of carbonyl (C=O) groups is 1. The summed E-state index contributed by atoms with van der Waals surface area (Å²) in [5.74, 6) is -0.634. The van der Waals surface area contributed by atoms with Gasteiger partial charge in [0.25, 0.3) is 15.3 Å². The number of alkyl halides is 3. The zero-order valence-electron chi connectivity index (χ0n) is 10.5. The van der Waals surface area contributed by atoms with E-state index in [-0.39, 0.29) is 5.56 Å². The molecule has 0 aliphatic heterocycles. The van der Waals surface area contributed by atoms with Crippen LogP contribution in [-0.2, 0) is 11.3 Å². The SMILES string of the molecule is Cc1cccc(=O)n1CCCCNC(=O)C(Cl)(Cl)Cl. The lowest BCUT2D eigenvalue weighted by atomic mass is 10.3. The third-order valence-electron chi connectivity index (χ3n) is 2.62. The van der Waals surface area contributed by atoms with Crippen molar-refractivity contribution in [3.8, 4) is 0 Å². The number of rotatable bonds is 5. The Kier molecular flexibility index (Phi) is 6.17. The molecule has 0 spiro atoms. The molecule has 7 heteroatoms. The van der Waals surface area contributed by atoms with Crippen LogP contribution in [-0.4, -0.2) is 20.8 Å². The second-order valence-electron chi connectivity index (χ2n) is 4.12. The molecule has 0 aliphatic carbocycles. The van der Waals surface area contributed by atoms with E-state index in [0.717, 1.165) is 12.1 Å². The number of amides is 1. The van der Waals surface area contributed by atoms with Crippen LogP contribution in [0.15, 0.2) is 23.0 Å². The molecule has 0 unspecified atom stereocenters. The Morgan fingerprint density at radius 3 is 2.58 bits per heavy atom. The molecule has 106 valence electrons. The molecule has 1 amide bonds. The van der Waals surface area contributed by atoms with Crippen molar-refractivity contribution in [1.29, 1.82) is 0 Å². The second kappa shape index (κ2) is 7.17. The molecule has 0 aliphatic rings. The average Bonchev–Trinajstić information content (AvgIpc) is 2.30. The van der Waals surface area contributed by atoms with Gasteiger partial charge < -0.3 is 9.88 Å². The Bertz CT molecular complexity index is 494. The van der Waals surface area contributed by atoms with Gasteiger partial charge in [-0.15, -0.1) is 0 Å². The molecular formula is C12H15Cl3N2O2. The Labute approximate surface area is 126 Å². The molecule has 0 fully saturated rings. The number of unbranched alkanes of at least 4 members (excludes halogenated alkanes) is 1. The highest BCUT2D eigenvalue weighted by molar-refractivity contribution is 6.76. The number of nitrogens with zero attached hydrogens (tertiary/aromatic N) is 1. The van der Waals surface area contributed by atoms with Crippen molar-refractivity contribution in [1.82, 2.24) is 9.88 Å². The second-order valence-corrected chi connectivity index (χ2v) is 6.40. The Morgan fingerprint density at radius 2 is 2.00 bits per heavy atom. The van der Waals surface area contributed by atoms with Gasteiger partial charge in [0.05, 0.1) is 0 Å². The molecule has 0 aromatic carbocycles. The quantitative estimate of drug-likeness (QED) is 0.668. The van der Waals surface area contributed by atoms with E-state index in [9.17, 15) is 9.59 Å². The minimum absolute atomic E-state index is 0.0228. The summed E-state index contributed by atoms with van der Waals surface area (Å²) in [6.45, 7) is 2.90. The maximum absolute atomic E-state index is 11.6. The summed E-state index contributed by atoms with van der Waals surface area (Å²) in [7, 11) is 0. The number of halogens is 3. The van der Waals surface area contributed by atoms with Crippen molar-refractivity contribution in [3.05, 3.63) is 34.2 Å². The number of aromatic nitrogens is 1. The van der Waals surface area contributed by atoms with E-state index in [2.05, 4.69) is 5.32 Å².